The third kappa shape index (κ3) is 6.29. The zero-order chi connectivity index (χ0) is 38.7. The first-order chi connectivity index (χ1) is 28.9. The van der Waals surface area contributed by atoms with Crippen LogP contribution in [0.2, 0.25) is 0 Å². The second-order valence-electron chi connectivity index (χ2n) is 14.9. The lowest BCUT2D eigenvalue weighted by Gasteiger charge is -2.36. The molecule has 280 valence electrons. The van der Waals surface area contributed by atoms with Crippen LogP contribution in [-0.2, 0) is 0 Å². The van der Waals surface area contributed by atoms with Gasteiger partial charge in [0.15, 0.2) is 11.6 Å². The molecule has 0 aliphatic carbocycles. The Morgan fingerprint density at radius 2 is 0.345 bits per heavy atom. The van der Waals surface area contributed by atoms with Crippen LogP contribution < -0.4 is 19.6 Å². The van der Waals surface area contributed by atoms with Crippen molar-refractivity contribution in [1.29, 1.82) is 0 Å². The van der Waals surface area contributed by atoms with Crippen LogP contribution in [0.1, 0.15) is 46.4 Å². The normalized spacial score (nSPS) is 19.2. The molecule has 2 aliphatic rings. The van der Waals surface area contributed by atoms with Gasteiger partial charge in [0.2, 0.25) is 0 Å². The van der Waals surface area contributed by atoms with Gasteiger partial charge in [-0.1, -0.05) is 194 Å². The van der Waals surface area contributed by atoms with E-state index < -0.39 is 0 Å². The molecule has 8 aromatic rings. The molecule has 0 radical (unpaired) electrons. The Balaban J connectivity index is 1.40. The molecular formula is C54H44N4. The number of rotatable bonds is 8. The number of hydrogen-bond donors (Lipinski definition) is 0. The Labute approximate surface area is 341 Å². The van der Waals surface area contributed by atoms with E-state index in [9.17, 15) is 0 Å². The van der Waals surface area contributed by atoms with Gasteiger partial charge in [-0.15, -0.1) is 0 Å². The van der Waals surface area contributed by atoms with E-state index in [4.69, 9.17) is 0 Å². The van der Waals surface area contributed by atoms with Crippen LogP contribution in [-0.4, -0.2) is 0 Å². The minimum atomic E-state index is -0.102. The van der Waals surface area contributed by atoms with Gasteiger partial charge < -0.3 is 19.6 Å². The molecule has 4 nitrogen and oxygen atoms in total. The summed E-state index contributed by atoms with van der Waals surface area (Å²) in [6.45, 7) is 0. The van der Waals surface area contributed by atoms with Gasteiger partial charge in [0.05, 0.1) is 24.2 Å². The molecular weight excluding hydrogens is 705 g/mol. The molecule has 2 aliphatic heterocycles. The van der Waals surface area contributed by atoms with E-state index in [0.29, 0.717) is 0 Å². The van der Waals surface area contributed by atoms with E-state index in [2.05, 4.69) is 262 Å². The molecule has 2 heterocycles. The lowest BCUT2D eigenvalue weighted by atomic mass is 9.92. The van der Waals surface area contributed by atoms with Gasteiger partial charge in [0, 0.05) is 22.7 Å². The zero-order valence-corrected chi connectivity index (χ0v) is 32.2. The summed E-state index contributed by atoms with van der Waals surface area (Å²) >= 11 is 0. The first kappa shape index (κ1) is 35.1. The smallest absolute Gasteiger partial charge is 0.157 e. The molecule has 0 amide bonds. The van der Waals surface area contributed by atoms with Crippen molar-refractivity contribution in [3.05, 3.63) is 277 Å². The van der Waals surface area contributed by atoms with E-state index in [1.54, 1.807) is 0 Å². The fourth-order valence-corrected chi connectivity index (χ4v) is 9.17. The van der Waals surface area contributed by atoms with Crippen molar-refractivity contribution in [2.24, 2.45) is 0 Å². The number of para-hydroxylation sites is 4. The van der Waals surface area contributed by atoms with Crippen LogP contribution in [0, 0.1) is 0 Å². The lowest BCUT2D eigenvalue weighted by Crippen LogP contribution is -2.35. The Morgan fingerprint density at radius 1 is 0.190 bits per heavy atom. The number of nitrogens with zero attached hydrogens (tertiary/aromatic N) is 4. The maximum Gasteiger partial charge on any atom is 0.157 e. The molecule has 2 fully saturated rings. The number of hydrogen-bond acceptors (Lipinski definition) is 4. The predicted molar refractivity (Wildman–Crippen MR) is 239 cm³/mol. The summed E-state index contributed by atoms with van der Waals surface area (Å²) in [7, 11) is 0. The first-order valence-electron chi connectivity index (χ1n) is 20.2. The molecule has 0 aromatic heterocycles. The van der Waals surface area contributed by atoms with Crippen LogP contribution in [0.3, 0.4) is 0 Å². The fraction of sp³-hybridized carbons (Fsp3) is 0.0741. The van der Waals surface area contributed by atoms with Gasteiger partial charge in [-0.05, 0) is 70.8 Å². The van der Waals surface area contributed by atoms with Crippen molar-refractivity contribution in [2.45, 2.75) is 24.2 Å². The second kappa shape index (κ2) is 15.7. The summed E-state index contributed by atoms with van der Waals surface area (Å²) in [5.41, 5.74) is 9.46. The molecule has 0 saturated carbocycles. The van der Waals surface area contributed by atoms with Gasteiger partial charge in [-0.3, -0.25) is 0 Å². The highest BCUT2D eigenvalue weighted by Gasteiger charge is 2.54. The van der Waals surface area contributed by atoms with Gasteiger partial charge >= 0.3 is 0 Å². The standard InChI is InChI=1S/C54H44N4/c1-9-25-41(26-10-1)49-50(42-27-11-2-12-28-42)56(46-35-19-6-20-36-46)53(55(49)45-33-17-5-18-34-45)54-57(47-37-21-7-22-38-47)51(43-29-13-3-14-30-43)52(44-31-15-4-16-32-44)58(54)48-39-23-8-24-40-48/h1-40,49-52H. The quantitative estimate of drug-likeness (QED) is 0.153. The van der Waals surface area contributed by atoms with E-state index in [-0.39, 0.29) is 24.2 Å². The molecule has 10 rings (SSSR count). The maximum absolute atomic E-state index is 2.62. The third-order valence-corrected chi connectivity index (χ3v) is 11.5. The van der Waals surface area contributed by atoms with Crippen LogP contribution in [0.5, 0.6) is 0 Å². The van der Waals surface area contributed by atoms with Crippen molar-refractivity contribution >= 4 is 22.7 Å². The summed E-state index contributed by atoms with van der Waals surface area (Å²) in [6, 6.07) is 87.8. The summed E-state index contributed by atoms with van der Waals surface area (Å²) in [4.78, 5) is 10.5. The third-order valence-electron chi connectivity index (χ3n) is 11.5. The fourth-order valence-electron chi connectivity index (χ4n) is 9.17. The second-order valence-corrected chi connectivity index (χ2v) is 14.9. The van der Waals surface area contributed by atoms with Gasteiger partial charge in [-0.2, -0.15) is 0 Å². The molecule has 4 heteroatoms. The minimum absolute atomic E-state index is 0.102. The summed E-state index contributed by atoms with van der Waals surface area (Å²) < 4.78 is 0. The van der Waals surface area contributed by atoms with E-state index in [0.717, 1.165) is 34.4 Å². The molecule has 0 bridgehead atoms. The van der Waals surface area contributed by atoms with E-state index >= 15 is 0 Å². The Kier molecular flexibility index (Phi) is 9.50. The average Bonchev–Trinajstić information content (AvgIpc) is 3.86. The van der Waals surface area contributed by atoms with Gasteiger partial charge in [0.1, 0.15) is 0 Å². The van der Waals surface area contributed by atoms with Crippen LogP contribution in [0.25, 0.3) is 0 Å². The predicted octanol–water partition coefficient (Wildman–Crippen LogP) is 13.1. The van der Waals surface area contributed by atoms with Crippen LogP contribution in [0.4, 0.5) is 22.7 Å². The number of anilines is 4. The zero-order valence-electron chi connectivity index (χ0n) is 32.2. The Hall–Kier alpha value is -7.30. The molecule has 8 aromatic carbocycles. The maximum atomic E-state index is 2.62. The van der Waals surface area contributed by atoms with Gasteiger partial charge in [-0.25, -0.2) is 0 Å². The first-order valence-corrected chi connectivity index (χ1v) is 20.2. The lowest BCUT2D eigenvalue weighted by molar-refractivity contribution is 0.618. The molecule has 4 atom stereocenters. The summed E-state index contributed by atoms with van der Waals surface area (Å²) in [5.74, 6) is 2.21. The minimum Gasteiger partial charge on any atom is -0.315 e. The van der Waals surface area contributed by atoms with Crippen LogP contribution >= 0.6 is 0 Å². The molecule has 0 spiro atoms. The van der Waals surface area contributed by atoms with Crippen LogP contribution in [0.15, 0.2) is 254 Å². The highest BCUT2D eigenvalue weighted by atomic mass is 15.5. The molecule has 4 unspecified atom stereocenters. The SMILES string of the molecule is c1ccc(C2C(c3ccccc3)N(c3ccccc3)C(=C3N(c4ccccc4)C(c4ccccc4)C(c4ccccc4)N3c3ccccc3)N2c2ccccc2)cc1. The molecule has 58 heavy (non-hydrogen) atoms. The van der Waals surface area contributed by atoms with E-state index in [1.165, 1.54) is 22.3 Å². The Morgan fingerprint density at radius 3 is 0.517 bits per heavy atom. The van der Waals surface area contributed by atoms with Crippen molar-refractivity contribution < 1.29 is 0 Å². The molecule has 0 N–H and O–H groups in total. The highest BCUT2D eigenvalue weighted by molar-refractivity contribution is 5.78. The number of benzene rings is 8. The van der Waals surface area contributed by atoms with Crippen molar-refractivity contribution in [1.82, 2.24) is 0 Å². The average molecular weight is 749 g/mol. The summed E-state index contributed by atoms with van der Waals surface area (Å²) in [6.07, 6.45) is 0. The van der Waals surface area contributed by atoms with Crippen molar-refractivity contribution in [2.75, 3.05) is 19.6 Å². The van der Waals surface area contributed by atoms with E-state index in [1.807, 2.05) is 0 Å². The van der Waals surface area contributed by atoms with Crippen molar-refractivity contribution in [3.63, 3.8) is 0 Å². The molecule has 2 saturated heterocycles. The summed E-state index contributed by atoms with van der Waals surface area (Å²) in [5, 5.41) is 0. The monoisotopic (exact) mass is 748 g/mol. The Bertz CT molecular complexity index is 2200. The van der Waals surface area contributed by atoms with Crippen molar-refractivity contribution in [3.8, 4) is 0 Å². The highest BCUT2D eigenvalue weighted by Crippen LogP contribution is 2.59. The topological polar surface area (TPSA) is 13.0 Å². The van der Waals surface area contributed by atoms with Gasteiger partial charge in [0.25, 0.3) is 0 Å². The largest absolute Gasteiger partial charge is 0.315 e.